The molecule has 0 aliphatic carbocycles. The first-order valence-electron chi connectivity index (χ1n) is 7.58. The molecule has 0 radical (unpaired) electrons. The summed E-state index contributed by atoms with van der Waals surface area (Å²) in [6.07, 6.45) is 0. The molecule has 5 heteroatoms. The summed E-state index contributed by atoms with van der Waals surface area (Å²) < 4.78 is 16.3. The minimum Gasteiger partial charge on any atom is -0.485 e. The summed E-state index contributed by atoms with van der Waals surface area (Å²) in [5.74, 6) is 1.59. The zero-order valence-corrected chi connectivity index (χ0v) is 13.7. The van der Waals surface area contributed by atoms with E-state index in [0.29, 0.717) is 28.6 Å². The standard InChI is InChI=1S/C18H19NO4/c1-10(2)16-7-14(23-19-16)9-21-13-5-6-15-11(3)12(4)18(20)22-17(15)8-13/h5-8,10H,9H2,1-4H3. The maximum absolute atomic E-state index is 11.8. The fraction of sp³-hybridized carbons (Fsp3) is 0.333. The Morgan fingerprint density at radius 1 is 1.17 bits per heavy atom. The lowest BCUT2D eigenvalue weighted by Gasteiger charge is -2.07. The van der Waals surface area contributed by atoms with Crippen molar-refractivity contribution in [2.24, 2.45) is 0 Å². The van der Waals surface area contributed by atoms with E-state index in [4.69, 9.17) is 13.7 Å². The van der Waals surface area contributed by atoms with Gasteiger partial charge in [-0.25, -0.2) is 4.79 Å². The second-order valence-corrected chi connectivity index (χ2v) is 5.96. The van der Waals surface area contributed by atoms with Crippen molar-refractivity contribution in [1.82, 2.24) is 5.16 Å². The monoisotopic (exact) mass is 313 g/mol. The number of rotatable bonds is 4. The summed E-state index contributed by atoms with van der Waals surface area (Å²) in [5.41, 5.74) is 2.67. The predicted octanol–water partition coefficient (Wildman–Crippen LogP) is 4.10. The van der Waals surface area contributed by atoms with E-state index in [1.54, 1.807) is 13.0 Å². The molecular weight excluding hydrogens is 294 g/mol. The molecule has 0 bridgehead atoms. The van der Waals surface area contributed by atoms with Crippen LogP contribution >= 0.6 is 0 Å². The number of hydrogen-bond acceptors (Lipinski definition) is 5. The van der Waals surface area contributed by atoms with Crippen LogP contribution in [0.15, 0.2) is 38.0 Å². The van der Waals surface area contributed by atoms with Crippen LogP contribution in [0.3, 0.4) is 0 Å². The molecule has 3 aromatic rings. The lowest BCUT2D eigenvalue weighted by molar-refractivity contribution is 0.248. The fourth-order valence-corrected chi connectivity index (χ4v) is 2.34. The fourth-order valence-electron chi connectivity index (χ4n) is 2.34. The molecule has 23 heavy (non-hydrogen) atoms. The Morgan fingerprint density at radius 3 is 2.65 bits per heavy atom. The van der Waals surface area contributed by atoms with Crippen LogP contribution < -0.4 is 10.4 Å². The highest BCUT2D eigenvalue weighted by molar-refractivity contribution is 5.82. The van der Waals surface area contributed by atoms with E-state index >= 15 is 0 Å². The van der Waals surface area contributed by atoms with Crippen LogP contribution in [0.25, 0.3) is 11.0 Å². The first kappa shape index (κ1) is 15.3. The Morgan fingerprint density at radius 2 is 1.96 bits per heavy atom. The molecule has 0 saturated carbocycles. The van der Waals surface area contributed by atoms with Crippen LogP contribution in [-0.4, -0.2) is 5.16 Å². The van der Waals surface area contributed by atoms with Gasteiger partial charge in [0.15, 0.2) is 5.76 Å². The minimum atomic E-state index is -0.316. The summed E-state index contributed by atoms with van der Waals surface area (Å²) in [4.78, 5) is 11.8. The summed E-state index contributed by atoms with van der Waals surface area (Å²) in [6.45, 7) is 8.06. The van der Waals surface area contributed by atoms with E-state index < -0.39 is 0 Å². The van der Waals surface area contributed by atoms with Gasteiger partial charge in [0.05, 0.1) is 5.69 Å². The molecule has 1 aromatic carbocycles. The van der Waals surface area contributed by atoms with Gasteiger partial charge < -0.3 is 13.7 Å². The van der Waals surface area contributed by atoms with E-state index in [2.05, 4.69) is 19.0 Å². The average molecular weight is 313 g/mol. The maximum Gasteiger partial charge on any atom is 0.339 e. The molecular formula is C18H19NO4. The second-order valence-electron chi connectivity index (χ2n) is 5.96. The van der Waals surface area contributed by atoms with Crippen molar-refractivity contribution in [3.05, 3.63) is 57.3 Å². The molecule has 2 aromatic heterocycles. The van der Waals surface area contributed by atoms with Crippen LogP contribution in [0.4, 0.5) is 0 Å². The number of benzene rings is 1. The SMILES string of the molecule is Cc1c(C)c2ccc(OCc3cc(C(C)C)no3)cc2oc1=O. The quantitative estimate of drug-likeness (QED) is 0.678. The van der Waals surface area contributed by atoms with Crippen molar-refractivity contribution in [3.63, 3.8) is 0 Å². The molecule has 0 atom stereocenters. The van der Waals surface area contributed by atoms with Crippen molar-refractivity contribution >= 4 is 11.0 Å². The number of nitrogens with zero attached hydrogens (tertiary/aromatic N) is 1. The number of aromatic nitrogens is 1. The molecule has 0 aliphatic rings. The summed E-state index contributed by atoms with van der Waals surface area (Å²) in [5, 5.41) is 4.91. The van der Waals surface area contributed by atoms with Crippen molar-refractivity contribution in [1.29, 1.82) is 0 Å². The van der Waals surface area contributed by atoms with Crippen molar-refractivity contribution in [3.8, 4) is 5.75 Å². The minimum absolute atomic E-state index is 0.278. The van der Waals surface area contributed by atoms with Gasteiger partial charge in [-0.1, -0.05) is 19.0 Å². The zero-order valence-electron chi connectivity index (χ0n) is 13.7. The first-order valence-corrected chi connectivity index (χ1v) is 7.58. The van der Waals surface area contributed by atoms with Gasteiger partial charge in [-0.15, -0.1) is 0 Å². The summed E-state index contributed by atoms with van der Waals surface area (Å²) in [6, 6.07) is 7.37. The average Bonchev–Trinajstić information content (AvgIpc) is 3.00. The van der Waals surface area contributed by atoms with Gasteiger partial charge in [0, 0.05) is 23.1 Å². The molecule has 5 nitrogen and oxygen atoms in total. The molecule has 3 rings (SSSR count). The molecule has 0 aliphatic heterocycles. The van der Waals surface area contributed by atoms with E-state index in [-0.39, 0.29) is 12.2 Å². The highest BCUT2D eigenvalue weighted by atomic mass is 16.5. The number of fused-ring (bicyclic) bond motifs is 1. The van der Waals surface area contributed by atoms with E-state index in [9.17, 15) is 4.79 Å². The third-order valence-electron chi connectivity index (χ3n) is 3.98. The van der Waals surface area contributed by atoms with E-state index in [1.165, 1.54) is 0 Å². The Labute approximate surface area is 133 Å². The van der Waals surface area contributed by atoms with Crippen LogP contribution in [0, 0.1) is 13.8 Å². The molecule has 0 unspecified atom stereocenters. The smallest absolute Gasteiger partial charge is 0.339 e. The number of hydrogen-bond donors (Lipinski definition) is 0. The third kappa shape index (κ3) is 2.99. The zero-order chi connectivity index (χ0) is 16.6. The van der Waals surface area contributed by atoms with Crippen molar-refractivity contribution < 1.29 is 13.7 Å². The molecule has 0 fully saturated rings. The van der Waals surface area contributed by atoms with Crippen LogP contribution in [-0.2, 0) is 6.61 Å². The number of aryl methyl sites for hydroxylation is 1. The Bertz CT molecular complexity index is 905. The lowest BCUT2D eigenvalue weighted by atomic mass is 10.1. The third-order valence-corrected chi connectivity index (χ3v) is 3.98. The molecule has 0 N–H and O–H groups in total. The Balaban J connectivity index is 1.83. The van der Waals surface area contributed by atoms with Crippen LogP contribution in [0.2, 0.25) is 0 Å². The van der Waals surface area contributed by atoms with Gasteiger partial charge in [-0.3, -0.25) is 0 Å². The largest absolute Gasteiger partial charge is 0.485 e. The normalized spacial score (nSPS) is 11.3. The molecule has 120 valence electrons. The van der Waals surface area contributed by atoms with Gasteiger partial charge in [0.25, 0.3) is 0 Å². The highest BCUT2D eigenvalue weighted by Crippen LogP contribution is 2.24. The van der Waals surface area contributed by atoms with Gasteiger partial charge >= 0.3 is 5.63 Å². The topological polar surface area (TPSA) is 65.5 Å². The van der Waals surface area contributed by atoms with E-state index in [0.717, 1.165) is 16.6 Å². The van der Waals surface area contributed by atoms with Crippen molar-refractivity contribution in [2.45, 2.75) is 40.2 Å². The molecule has 0 saturated heterocycles. The van der Waals surface area contributed by atoms with Crippen molar-refractivity contribution in [2.75, 3.05) is 0 Å². The van der Waals surface area contributed by atoms with Gasteiger partial charge in [0.2, 0.25) is 0 Å². The first-order chi connectivity index (χ1) is 11.0. The number of ether oxygens (including phenoxy) is 1. The predicted molar refractivity (Wildman–Crippen MR) is 86.9 cm³/mol. The van der Waals surface area contributed by atoms with E-state index in [1.807, 2.05) is 25.1 Å². The molecule has 0 amide bonds. The van der Waals surface area contributed by atoms with Gasteiger partial charge in [0.1, 0.15) is 17.9 Å². The highest BCUT2D eigenvalue weighted by Gasteiger charge is 2.10. The Hall–Kier alpha value is -2.56. The summed E-state index contributed by atoms with van der Waals surface area (Å²) in [7, 11) is 0. The van der Waals surface area contributed by atoms with Crippen LogP contribution in [0.1, 0.15) is 42.3 Å². The Kier molecular flexibility index (Phi) is 3.94. The van der Waals surface area contributed by atoms with Gasteiger partial charge in [-0.05, 0) is 37.5 Å². The second kappa shape index (κ2) is 5.91. The molecule has 2 heterocycles. The van der Waals surface area contributed by atoms with Gasteiger partial charge in [-0.2, -0.15) is 0 Å². The maximum atomic E-state index is 11.8. The lowest BCUT2D eigenvalue weighted by Crippen LogP contribution is -2.05. The molecule has 0 spiro atoms. The van der Waals surface area contributed by atoms with Crippen LogP contribution in [0.5, 0.6) is 5.75 Å². The summed E-state index contributed by atoms with van der Waals surface area (Å²) >= 11 is 0.